The van der Waals surface area contributed by atoms with Gasteiger partial charge in [-0.3, -0.25) is 4.90 Å². The highest BCUT2D eigenvalue weighted by molar-refractivity contribution is 5.06. The van der Waals surface area contributed by atoms with Crippen molar-refractivity contribution in [1.29, 1.82) is 0 Å². The van der Waals surface area contributed by atoms with Gasteiger partial charge in [0.2, 0.25) is 5.89 Å². The molecule has 3 heterocycles. The zero-order valence-electron chi connectivity index (χ0n) is 14.8. The van der Waals surface area contributed by atoms with Gasteiger partial charge in [-0.1, -0.05) is 19.0 Å². The Bertz CT molecular complexity index is 543. The largest absolute Gasteiger partial charge is 0.339 e. The van der Waals surface area contributed by atoms with E-state index in [2.05, 4.69) is 40.8 Å². The van der Waals surface area contributed by atoms with Crippen LogP contribution in [0.25, 0.3) is 0 Å². The number of likely N-dealkylation sites (tertiary alicyclic amines) is 2. The van der Waals surface area contributed by atoms with Gasteiger partial charge < -0.3 is 9.42 Å². The van der Waals surface area contributed by atoms with Crippen LogP contribution in [0.15, 0.2) is 4.52 Å². The summed E-state index contributed by atoms with van der Waals surface area (Å²) < 4.78 is 5.43. The zero-order valence-corrected chi connectivity index (χ0v) is 14.8. The summed E-state index contributed by atoms with van der Waals surface area (Å²) in [6, 6.07) is 0.334. The maximum atomic E-state index is 5.43. The van der Waals surface area contributed by atoms with Gasteiger partial charge in [0.1, 0.15) is 0 Å². The Morgan fingerprint density at radius 3 is 2.61 bits per heavy atom. The van der Waals surface area contributed by atoms with E-state index in [0.29, 0.717) is 17.4 Å². The van der Waals surface area contributed by atoms with Crippen LogP contribution in [0.4, 0.5) is 0 Å². The average molecular weight is 318 g/mol. The third-order valence-corrected chi connectivity index (χ3v) is 6.12. The van der Waals surface area contributed by atoms with E-state index in [9.17, 15) is 0 Å². The van der Waals surface area contributed by atoms with Gasteiger partial charge in [0.25, 0.3) is 0 Å². The maximum Gasteiger partial charge on any atom is 0.229 e. The molecule has 1 atom stereocenters. The van der Waals surface area contributed by atoms with Gasteiger partial charge in [0, 0.05) is 19.0 Å². The van der Waals surface area contributed by atoms with Crippen LogP contribution in [0.3, 0.4) is 0 Å². The first-order valence-corrected chi connectivity index (χ1v) is 9.31. The minimum Gasteiger partial charge on any atom is -0.339 e. The highest BCUT2D eigenvalue weighted by atomic mass is 16.5. The molecule has 23 heavy (non-hydrogen) atoms. The van der Waals surface area contributed by atoms with Crippen LogP contribution < -0.4 is 0 Å². The predicted octanol–water partition coefficient (Wildman–Crippen LogP) is 3.06. The Morgan fingerprint density at radius 2 is 2.00 bits per heavy atom. The van der Waals surface area contributed by atoms with Crippen molar-refractivity contribution in [2.45, 2.75) is 57.9 Å². The summed E-state index contributed by atoms with van der Waals surface area (Å²) in [6.45, 7) is 9.29. The first-order valence-electron chi connectivity index (χ1n) is 9.31. The van der Waals surface area contributed by atoms with Gasteiger partial charge in [0.05, 0.1) is 6.04 Å². The molecule has 5 nitrogen and oxygen atoms in total. The highest BCUT2D eigenvalue weighted by Gasteiger charge is 2.46. The molecule has 2 aliphatic heterocycles. The van der Waals surface area contributed by atoms with Crippen LogP contribution in [0, 0.1) is 11.3 Å². The normalized spacial score (nSPS) is 29.0. The first kappa shape index (κ1) is 15.6. The molecule has 0 N–H and O–H groups in total. The summed E-state index contributed by atoms with van der Waals surface area (Å²) in [6.07, 6.45) is 6.77. The first-order chi connectivity index (χ1) is 11.0. The maximum absolute atomic E-state index is 5.43. The average Bonchev–Trinajstić information content (AvgIpc) is 3.09. The molecule has 4 rings (SSSR count). The molecule has 0 aromatic carbocycles. The van der Waals surface area contributed by atoms with Gasteiger partial charge in [-0.2, -0.15) is 4.98 Å². The Hall–Kier alpha value is -0.940. The molecule has 0 bridgehead atoms. The van der Waals surface area contributed by atoms with Gasteiger partial charge in [0.15, 0.2) is 5.82 Å². The fourth-order valence-corrected chi connectivity index (χ4v) is 4.41. The second-order valence-electron chi connectivity index (χ2n) is 8.52. The number of piperidine rings is 1. The van der Waals surface area contributed by atoms with E-state index in [0.717, 1.165) is 17.6 Å². The second kappa shape index (κ2) is 5.85. The number of rotatable bonds is 4. The summed E-state index contributed by atoms with van der Waals surface area (Å²) in [4.78, 5) is 9.80. The molecule has 1 aromatic heterocycles. The van der Waals surface area contributed by atoms with Crippen molar-refractivity contribution in [2.24, 2.45) is 11.3 Å². The fraction of sp³-hybridized carbons (Fsp3) is 0.889. The Balaban J connectivity index is 1.40. The third kappa shape index (κ3) is 3.18. The summed E-state index contributed by atoms with van der Waals surface area (Å²) in [5.41, 5.74) is 0.470. The van der Waals surface area contributed by atoms with E-state index >= 15 is 0 Å². The van der Waals surface area contributed by atoms with E-state index in [1.54, 1.807) is 0 Å². The molecule has 1 saturated carbocycles. The lowest BCUT2D eigenvalue weighted by atomic mass is 9.76. The van der Waals surface area contributed by atoms with E-state index in [4.69, 9.17) is 4.52 Å². The highest BCUT2D eigenvalue weighted by Crippen LogP contribution is 2.48. The Labute approximate surface area is 139 Å². The van der Waals surface area contributed by atoms with Gasteiger partial charge in [-0.15, -0.1) is 0 Å². The molecule has 1 spiro atoms. The number of aromatic nitrogens is 2. The fourth-order valence-electron chi connectivity index (χ4n) is 4.41. The molecule has 0 amide bonds. The number of hydrogen-bond donors (Lipinski definition) is 0. The van der Waals surface area contributed by atoms with Crippen molar-refractivity contribution in [1.82, 2.24) is 19.9 Å². The molecule has 0 radical (unpaired) electrons. The van der Waals surface area contributed by atoms with Gasteiger partial charge in [-0.05, 0) is 63.6 Å². The lowest BCUT2D eigenvalue weighted by molar-refractivity contribution is 0.107. The van der Waals surface area contributed by atoms with Crippen molar-refractivity contribution < 1.29 is 4.52 Å². The standard InChI is InChI=1S/C18H30N4O/c1-13(2)17-19-16(20-23-17)15-10-18(12-21(15)3)6-8-22(9-7-18)11-14-4-5-14/h13-15H,4-12H2,1-3H3. The van der Waals surface area contributed by atoms with E-state index in [1.807, 2.05) is 0 Å². The van der Waals surface area contributed by atoms with Crippen LogP contribution in [0.1, 0.15) is 69.6 Å². The Morgan fingerprint density at radius 1 is 1.26 bits per heavy atom. The minimum atomic E-state index is 0.308. The monoisotopic (exact) mass is 318 g/mol. The summed E-state index contributed by atoms with van der Waals surface area (Å²) in [7, 11) is 2.22. The molecule has 1 aliphatic carbocycles. The van der Waals surface area contributed by atoms with Crippen molar-refractivity contribution in [3.63, 3.8) is 0 Å². The van der Waals surface area contributed by atoms with Crippen LogP contribution >= 0.6 is 0 Å². The number of nitrogens with zero attached hydrogens (tertiary/aromatic N) is 4. The van der Waals surface area contributed by atoms with E-state index < -0.39 is 0 Å². The summed E-state index contributed by atoms with van der Waals surface area (Å²) in [5, 5.41) is 4.27. The minimum absolute atomic E-state index is 0.308. The zero-order chi connectivity index (χ0) is 16.0. The molecule has 3 fully saturated rings. The van der Waals surface area contributed by atoms with Gasteiger partial charge >= 0.3 is 0 Å². The molecule has 128 valence electrons. The molecule has 3 aliphatic rings. The molecular weight excluding hydrogens is 288 g/mol. The Kier molecular flexibility index (Phi) is 3.96. The SMILES string of the molecule is CC(C)c1nc(C2CC3(CCN(CC4CC4)CC3)CN2C)no1. The smallest absolute Gasteiger partial charge is 0.229 e. The van der Waals surface area contributed by atoms with E-state index in [-0.39, 0.29) is 0 Å². The second-order valence-corrected chi connectivity index (χ2v) is 8.52. The van der Waals surface area contributed by atoms with E-state index in [1.165, 1.54) is 58.3 Å². The molecular formula is C18H30N4O. The topological polar surface area (TPSA) is 45.4 Å². The summed E-state index contributed by atoms with van der Waals surface area (Å²) in [5.74, 6) is 2.99. The van der Waals surface area contributed by atoms with Crippen molar-refractivity contribution in [2.75, 3.05) is 33.2 Å². The van der Waals surface area contributed by atoms with Crippen molar-refractivity contribution in [3.8, 4) is 0 Å². The lowest BCUT2D eigenvalue weighted by Gasteiger charge is -2.39. The predicted molar refractivity (Wildman–Crippen MR) is 89.2 cm³/mol. The molecule has 2 saturated heterocycles. The van der Waals surface area contributed by atoms with Crippen LogP contribution in [0.2, 0.25) is 0 Å². The third-order valence-electron chi connectivity index (χ3n) is 6.12. The molecule has 1 unspecified atom stereocenters. The lowest BCUT2D eigenvalue weighted by Crippen LogP contribution is -2.42. The summed E-state index contributed by atoms with van der Waals surface area (Å²) >= 11 is 0. The van der Waals surface area contributed by atoms with Crippen molar-refractivity contribution >= 4 is 0 Å². The van der Waals surface area contributed by atoms with Crippen molar-refractivity contribution in [3.05, 3.63) is 11.7 Å². The van der Waals surface area contributed by atoms with Crippen LogP contribution in [-0.4, -0.2) is 53.2 Å². The molecule has 5 heteroatoms. The van der Waals surface area contributed by atoms with Crippen LogP contribution in [0.5, 0.6) is 0 Å². The van der Waals surface area contributed by atoms with Crippen LogP contribution in [-0.2, 0) is 0 Å². The molecule has 1 aromatic rings. The van der Waals surface area contributed by atoms with Gasteiger partial charge in [-0.25, -0.2) is 0 Å². The quantitative estimate of drug-likeness (QED) is 0.854. The number of hydrogen-bond acceptors (Lipinski definition) is 5.